The quantitative estimate of drug-likeness (QED) is 0.796. The van der Waals surface area contributed by atoms with E-state index in [2.05, 4.69) is 12.2 Å². The van der Waals surface area contributed by atoms with Crippen molar-refractivity contribution in [1.29, 1.82) is 0 Å². The lowest BCUT2D eigenvalue weighted by molar-refractivity contribution is 0.244. The van der Waals surface area contributed by atoms with Gasteiger partial charge in [-0.15, -0.1) is 12.4 Å². The molecule has 3 aliphatic rings. The number of rotatable bonds is 5. The first-order valence-electron chi connectivity index (χ1n) is 9.55. The van der Waals surface area contributed by atoms with Crippen LogP contribution in [0.1, 0.15) is 25.3 Å². The minimum Gasteiger partial charge on any atom is -0.493 e. The molecule has 0 aliphatic carbocycles. The van der Waals surface area contributed by atoms with Crippen LogP contribution in [0.25, 0.3) is 5.70 Å². The van der Waals surface area contributed by atoms with Gasteiger partial charge in [-0.05, 0) is 51.1 Å². The Hall–Kier alpha value is -2.38. The summed E-state index contributed by atoms with van der Waals surface area (Å²) in [7, 11) is 4.81. The maximum Gasteiger partial charge on any atom is 0.203 e. The molecule has 1 aromatic rings. The van der Waals surface area contributed by atoms with E-state index in [1.54, 1.807) is 21.3 Å². The molecule has 1 N–H and O–H groups in total. The average Bonchev–Trinajstić information content (AvgIpc) is 3.16. The predicted molar refractivity (Wildman–Crippen MR) is 119 cm³/mol. The third kappa shape index (κ3) is 3.89. The van der Waals surface area contributed by atoms with E-state index >= 15 is 0 Å². The lowest BCUT2D eigenvalue weighted by Gasteiger charge is -2.35. The van der Waals surface area contributed by atoms with E-state index in [9.17, 15) is 0 Å². The number of piperidine rings is 1. The van der Waals surface area contributed by atoms with Crippen molar-refractivity contribution < 1.29 is 14.2 Å². The Morgan fingerprint density at radius 3 is 2.24 bits per heavy atom. The van der Waals surface area contributed by atoms with Gasteiger partial charge in [-0.2, -0.15) is 0 Å². The molecule has 0 radical (unpaired) electrons. The zero-order valence-corrected chi connectivity index (χ0v) is 18.0. The van der Waals surface area contributed by atoms with Crippen LogP contribution >= 0.6 is 12.4 Å². The molecule has 0 aromatic heterocycles. The molecular formula is C21H27ClN4O3. The third-order valence-electron chi connectivity index (χ3n) is 5.64. The van der Waals surface area contributed by atoms with Crippen molar-refractivity contribution in [3.63, 3.8) is 0 Å². The Labute approximate surface area is 177 Å². The van der Waals surface area contributed by atoms with Crippen molar-refractivity contribution >= 4 is 35.7 Å². The van der Waals surface area contributed by atoms with Crippen molar-refractivity contribution in [3.05, 3.63) is 23.8 Å². The summed E-state index contributed by atoms with van der Waals surface area (Å²) in [5.74, 6) is 2.21. The van der Waals surface area contributed by atoms with Gasteiger partial charge in [-0.1, -0.05) is 0 Å². The molecule has 156 valence electrons. The van der Waals surface area contributed by atoms with Crippen LogP contribution < -0.4 is 19.5 Å². The molecule has 0 saturated carbocycles. The highest BCUT2D eigenvalue weighted by Gasteiger charge is 2.37. The number of nitrogens with zero attached hydrogens (tertiary/aromatic N) is 3. The Kier molecular flexibility index (Phi) is 6.29. The van der Waals surface area contributed by atoms with E-state index < -0.39 is 5.66 Å². The molecule has 1 atom stereocenters. The SMILES string of the molecule is COc1cc(C2=CC3=NC(C)(C4CCNCC4)N=CC3=N2)cc(OC)c1OC.Cl. The highest BCUT2D eigenvalue weighted by molar-refractivity contribution is 6.68. The van der Waals surface area contributed by atoms with E-state index in [0.29, 0.717) is 23.2 Å². The molecule has 1 fully saturated rings. The number of benzene rings is 1. The molecule has 0 bridgehead atoms. The van der Waals surface area contributed by atoms with Gasteiger partial charge in [0.05, 0.1) is 39.0 Å². The summed E-state index contributed by atoms with van der Waals surface area (Å²) in [5, 5.41) is 3.41. The van der Waals surface area contributed by atoms with Gasteiger partial charge in [-0.3, -0.25) is 9.98 Å². The fourth-order valence-corrected chi connectivity index (χ4v) is 4.01. The van der Waals surface area contributed by atoms with Gasteiger partial charge < -0.3 is 19.5 Å². The van der Waals surface area contributed by atoms with Gasteiger partial charge in [0.2, 0.25) is 5.75 Å². The molecule has 0 spiro atoms. The third-order valence-corrected chi connectivity index (χ3v) is 5.64. The molecule has 1 saturated heterocycles. The molecule has 0 amide bonds. The number of hydrogen-bond donors (Lipinski definition) is 1. The highest BCUT2D eigenvalue weighted by atomic mass is 35.5. The minimum atomic E-state index is -0.419. The van der Waals surface area contributed by atoms with Crippen LogP contribution in [0.5, 0.6) is 17.2 Å². The zero-order chi connectivity index (χ0) is 19.7. The van der Waals surface area contributed by atoms with Crippen molar-refractivity contribution in [2.24, 2.45) is 20.9 Å². The summed E-state index contributed by atoms with van der Waals surface area (Å²) in [4.78, 5) is 14.5. The summed E-state index contributed by atoms with van der Waals surface area (Å²) in [6.07, 6.45) is 6.05. The molecule has 1 aromatic carbocycles. The number of ether oxygens (including phenoxy) is 3. The van der Waals surface area contributed by atoms with Crippen LogP contribution in [0, 0.1) is 5.92 Å². The average molecular weight is 419 g/mol. The van der Waals surface area contributed by atoms with Gasteiger partial charge in [0.25, 0.3) is 0 Å². The fourth-order valence-electron chi connectivity index (χ4n) is 4.01. The predicted octanol–water partition coefficient (Wildman–Crippen LogP) is 3.17. The Bertz CT molecular complexity index is 878. The van der Waals surface area contributed by atoms with Crippen LogP contribution in [-0.2, 0) is 0 Å². The maximum atomic E-state index is 5.47. The maximum absolute atomic E-state index is 5.47. The molecule has 3 heterocycles. The van der Waals surface area contributed by atoms with Gasteiger partial charge >= 0.3 is 0 Å². The number of allylic oxidation sites excluding steroid dienone is 1. The van der Waals surface area contributed by atoms with Crippen molar-refractivity contribution in [1.82, 2.24) is 5.32 Å². The molecule has 29 heavy (non-hydrogen) atoms. The molecule has 3 aliphatic heterocycles. The van der Waals surface area contributed by atoms with Crippen LogP contribution in [-0.4, -0.2) is 57.7 Å². The van der Waals surface area contributed by atoms with Crippen LogP contribution in [0.3, 0.4) is 0 Å². The normalized spacial score (nSPS) is 23.4. The number of fused-ring (bicyclic) bond motifs is 1. The van der Waals surface area contributed by atoms with E-state index in [0.717, 1.165) is 48.6 Å². The highest BCUT2D eigenvalue weighted by Crippen LogP contribution is 2.41. The largest absolute Gasteiger partial charge is 0.493 e. The first kappa shape index (κ1) is 21.3. The van der Waals surface area contributed by atoms with Crippen LogP contribution in [0.4, 0.5) is 0 Å². The zero-order valence-electron chi connectivity index (χ0n) is 17.2. The second-order valence-corrected chi connectivity index (χ2v) is 7.31. The monoisotopic (exact) mass is 418 g/mol. The summed E-state index contributed by atoms with van der Waals surface area (Å²) in [5.41, 5.74) is 2.97. The van der Waals surface area contributed by atoms with Gasteiger partial charge in [0.15, 0.2) is 17.2 Å². The van der Waals surface area contributed by atoms with Crippen molar-refractivity contribution in [2.45, 2.75) is 25.4 Å². The summed E-state index contributed by atoms with van der Waals surface area (Å²) in [6.45, 7) is 4.16. The fraction of sp³-hybridized carbons (Fsp3) is 0.476. The summed E-state index contributed by atoms with van der Waals surface area (Å²) in [6, 6.07) is 3.80. The second kappa shape index (κ2) is 8.55. The molecular weight excluding hydrogens is 392 g/mol. The summed E-state index contributed by atoms with van der Waals surface area (Å²) >= 11 is 0. The topological polar surface area (TPSA) is 76.8 Å². The van der Waals surface area contributed by atoms with Crippen molar-refractivity contribution in [2.75, 3.05) is 34.4 Å². The number of nitrogens with one attached hydrogen (secondary N) is 1. The van der Waals surface area contributed by atoms with E-state index in [-0.39, 0.29) is 12.4 Å². The lowest BCUT2D eigenvalue weighted by Crippen LogP contribution is -2.42. The number of aliphatic imine (C=N–C) groups is 3. The van der Waals surface area contributed by atoms with Gasteiger partial charge in [0.1, 0.15) is 5.71 Å². The van der Waals surface area contributed by atoms with E-state index in [1.165, 1.54) is 0 Å². The van der Waals surface area contributed by atoms with Crippen LogP contribution in [0.2, 0.25) is 0 Å². The second-order valence-electron chi connectivity index (χ2n) is 7.31. The lowest BCUT2D eigenvalue weighted by atomic mass is 9.85. The first-order chi connectivity index (χ1) is 13.6. The van der Waals surface area contributed by atoms with Gasteiger partial charge in [-0.25, -0.2) is 4.99 Å². The Morgan fingerprint density at radius 1 is 1.00 bits per heavy atom. The Balaban J connectivity index is 0.00000240. The van der Waals surface area contributed by atoms with Gasteiger partial charge in [0, 0.05) is 11.5 Å². The Morgan fingerprint density at radius 2 is 1.66 bits per heavy atom. The molecule has 4 rings (SSSR count). The summed E-state index contributed by atoms with van der Waals surface area (Å²) < 4.78 is 16.3. The standard InChI is InChI=1S/C21H26N4O3.ClH/c1-21(14-5-7-22-8-6-14)23-12-17-16(25-21)11-15(24-17)13-9-18(26-2)20(28-4)19(10-13)27-3;/h9-12,14,22H,5-8H2,1-4H3;1H. The number of hydrogen-bond acceptors (Lipinski definition) is 7. The van der Waals surface area contributed by atoms with E-state index in [1.807, 2.05) is 24.4 Å². The van der Waals surface area contributed by atoms with E-state index in [4.69, 9.17) is 29.2 Å². The molecule has 1 unspecified atom stereocenters. The van der Waals surface area contributed by atoms with Crippen LogP contribution in [0.15, 0.2) is 33.2 Å². The number of methoxy groups -OCH3 is 3. The van der Waals surface area contributed by atoms with Crippen molar-refractivity contribution in [3.8, 4) is 17.2 Å². The number of halogens is 1. The smallest absolute Gasteiger partial charge is 0.203 e. The first-order valence-corrected chi connectivity index (χ1v) is 9.55. The molecule has 8 heteroatoms. The molecule has 7 nitrogen and oxygen atoms in total. The minimum absolute atomic E-state index is 0.